The molecule has 3 aromatic carbocycles. The summed E-state index contributed by atoms with van der Waals surface area (Å²) in [6, 6.07) is 32.7. The molecular formula is C29H33N. The van der Waals surface area contributed by atoms with Gasteiger partial charge in [0.2, 0.25) is 0 Å². The number of hydrogen-bond acceptors (Lipinski definition) is 1. The van der Waals surface area contributed by atoms with Gasteiger partial charge in [-0.3, -0.25) is 4.90 Å². The van der Waals surface area contributed by atoms with E-state index in [-0.39, 0.29) is 5.54 Å². The molecule has 0 aliphatic heterocycles. The molecule has 30 heavy (non-hydrogen) atoms. The molecule has 1 aliphatic rings. The molecule has 1 heteroatoms. The molecule has 3 atom stereocenters. The standard InChI is InChI=1S/C29H33N/c1-3-29(27-19-11-6-12-20-27,21-13-16-24-14-7-4-8-15-24)30(2)23-26-22-28(26)25-17-9-5-10-18-25/h4-20,26,28H,3,21-23H2,1-2H3/t26-,28-,29?/m0/s1. The number of rotatable bonds is 9. The Balaban J connectivity index is 1.53. The molecule has 1 unspecified atom stereocenters. The van der Waals surface area contributed by atoms with Gasteiger partial charge < -0.3 is 0 Å². The summed E-state index contributed by atoms with van der Waals surface area (Å²) >= 11 is 0. The fourth-order valence-corrected chi connectivity index (χ4v) is 4.90. The molecule has 1 fully saturated rings. The second-order valence-corrected chi connectivity index (χ2v) is 8.66. The van der Waals surface area contributed by atoms with E-state index >= 15 is 0 Å². The van der Waals surface area contributed by atoms with Gasteiger partial charge in [-0.2, -0.15) is 0 Å². The van der Waals surface area contributed by atoms with Crippen LogP contribution >= 0.6 is 0 Å². The molecule has 0 radical (unpaired) electrons. The van der Waals surface area contributed by atoms with Crippen molar-refractivity contribution in [3.8, 4) is 0 Å². The van der Waals surface area contributed by atoms with Gasteiger partial charge in [0.05, 0.1) is 0 Å². The van der Waals surface area contributed by atoms with Gasteiger partial charge in [0, 0.05) is 12.1 Å². The lowest BCUT2D eigenvalue weighted by Gasteiger charge is -2.42. The minimum absolute atomic E-state index is 0.0242. The van der Waals surface area contributed by atoms with Crippen molar-refractivity contribution in [1.82, 2.24) is 4.90 Å². The van der Waals surface area contributed by atoms with Gasteiger partial charge in [-0.1, -0.05) is 110 Å². The van der Waals surface area contributed by atoms with Gasteiger partial charge in [-0.25, -0.2) is 0 Å². The largest absolute Gasteiger partial charge is 0.296 e. The second kappa shape index (κ2) is 9.45. The second-order valence-electron chi connectivity index (χ2n) is 8.66. The molecule has 1 aliphatic carbocycles. The SMILES string of the molecule is CCC(CC=Cc1ccccc1)(c1ccccc1)N(C)C[C@@H]1C[C@H]1c1ccccc1. The Labute approximate surface area is 182 Å². The third-order valence-corrected chi connectivity index (χ3v) is 6.85. The Morgan fingerprint density at radius 1 is 0.867 bits per heavy atom. The van der Waals surface area contributed by atoms with Crippen LogP contribution in [0.25, 0.3) is 6.08 Å². The maximum absolute atomic E-state index is 2.63. The smallest absolute Gasteiger partial charge is 0.0489 e. The Kier molecular flexibility index (Phi) is 6.50. The average Bonchev–Trinajstić information content (AvgIpc) is 3.58. The minimum Gasteiger partial charge on any atom is -0.296 e. The van der Waals surface area contributed by atoms with Crippen LogP contribution in [0.4, 0.5) is 0 Å². The van der Waals surface area contributed by atoms with Gasteiger partial charge in [-0.15, -0.1) is 0 Å². The van der Waals surface area contributed by atoms with Crippen LogP contribution in [0.2, 0.25) is 0 Å². The van der Waals surface area contributed by atoms with Crippen LogP contribution in [-0.2, 0) is 5.54 Å². The van der Waals surface area contributed by atoms with Crippen LogP contribution in [0.1, 0.15) is 48.8 Å². The van der Waals surface area contributed by atoms with Crippen molar-refractivity contribution in [2.45, 2.75) is 37.6 Å². The average molecular weight is 396 g/mol. The topological polar surface area (TPSA) is 3.24 Å². The van der Waals surface area contributed by atoms with Gasteiger partial charge in [-0.05, 0) is 54.8 Å². The fraction of sp³-hybridized carbons (Fsp3) is 0.310. The maximum Gasteiger partial charge on any atom is 0.0489 e. The monoisotopic (exact) mass is 395 g/mol. The Bertz CT molecular complexity index is 932. The fourth-order valence-electron chi connectivity index (χ4n) is 4.90. The summed E-state index contributed by atoms with van der Waals surface area (Å²) in [6.45, 7) is 3.48. The van der Waals surface area contributed by atoms with Crippen molar-refractivity contribution < 1.29 is 0 Å². The Hall–Kier alpha value is -2.64. The summed E-state index contributed by atoms with van der Waals surface area (Å²) in [4.78, 5) is 2.63. The van der Waals surface area contributed by atoms with E-state index < -0.39 is 0 Å². The summed E-state index contributed by atoms with van der Waals surface area (Å²) in [6.07, 6.45) is 8.05. The third-order valence-electron chi connectivity index (χ3n) is 6.85. The molecule has 1 saturated carbocycles. The first kappa shape index (κ1) is 20.6. The number of benzene rings is 3. The van der Waals surface area contributed by atoms with Crippen LogP contribution < -0.4 is 0 Å². The summed E-state index contributed by atoms with van der Waals surface area (Å²) in [7, 11) is 2.33. The van der Waals surface area contributed by atoms with E-state index in [2.05, 4.69) is 122 Å². The lowest BCUT2D eigenvalue weighted by Crippen LogP contribution is -2.44. The summed E-state index contributed by atoms with van der Waals surface area (Å²) in [5, 5.41) is 0. The van der Waals surface area contributed by atoms with E-state index in [0.717, 1.165) is 31.2 Å². The predicted octanol–water partition coefficient (Wildman–Crippen LogP) is 7.13. The van der Waals surface area contributed by atoms with Crippen molar-refractivity contribution in [3.05, 3.63) is 114 Å². The van der Waals surface area contributed by atoms with Gasteiger partial charge >= 0.3 is 0 Å². The highest BCUT2D eigenvalue weighted by Crippen LogP contribution is 2.49. The minimum atomic E-state index is 0.0242. The quantitative estimate of drug-likeness (QED) is 0.372. The Morgan fingerprint density at radius 2 is 1.47 bits per heavy atom. The highest BCUT2D eigenvalue weighted by atomic mass is 15.2. The highest BCUT2D eigenvalue weighted by molar-refractivity contribution is 5.49. The molecule has 0 bridgehead atoms. The van der Waals surface area contributed by atoms with Crippen LogP contribution in [0, 0.1) is 5.92 Å². The summed E-state index contributed by atoms with van der Waals surface area (Å²) in [5.41, 5.74) is 4.21. The van der Waals surface area contributed by atoms with E-state index in [1.54, 1.807) is 0 Å². The third kappa shape index (κ3) is 4.57. The molecule has 0 spiro atoms. The summed E-state index contributed by atoms with van der Waals surface area (Å²) in [5.74, 6) is 1.48. The van der Waals surface area contributed by atoms with Crippen molar-refractivity contribution >= 4 is 6.08 Å². The summed E-state index contributed by atoms with van der Waals surface area (Å²) < 4.78 is 0. The molecule has 154 valence electrons. The molecule has 0 heterocycles. The maximum atomic E-state index is 2.63. The van der Waals surface area contributed by atoms with Gasteiger partial charge in [0.25, 0.3) is 0 Å². The zero-order valence-corrected chi connectivity index (χ0v) is 18.2. The van der Waals surface area contributed by atoms with Crippen molar-refractivity contribution in [2.75, 3.05) is 13.6 Å². The molecular weight excluding hydrogens is 362 g/mol. The predicted molar refractivity (Wildman–Crippen MR) is 128 cm³/mol. The normalized spacial score (nSPS) is 20.4. The molecule has 3 aromatic rings. The van der Waals surface area contributed by atoms with Crippen molar-refractivity contribution in [2.24, 2.45) is 5.92 Å². The molecule has 0 aromatic heterocycles. The van der Waals surface area contributed by atoms with Crippen molar-refractivity contribution in [1.29, 1.82) is 0 Å². The molecule has 4 rings (SSSR count). The number of nitrogens with zero attached hydrogens (tertiary/aromatic N) is 1. The van der Waals surface area contributed by atoms with Crippen LogP contribution in [0.15, 0.2) is 97.1 Å². The van der Waals surface area contributed by atoms with Crippen LogP contribution in [0.5, 0.6) is 0 Å². The van der Waals surface area contributed by atoms with Gasteiger partial charge in [0.1, 0.15) is 0 Å². The first-order valence-electron chi connectivity index (χ1n) is 11.3. The molecule has 0 amide bonds. The lowest BCUT2D eigenvalue weighted by molar-refractivity contribution is 0.107. The van der Waals surface area contributed by atoms with Crippen LogP contribution in [0.3, 0.4) is 0 Å². The number of hydrogen-bond donors (Lipinski definition) is 0. The van der Waals surface area contributed by atoms with E-state index in [9.17, 15) is 0 Å². The molecule has 0 saturated heterocycles. The zero-order valence-electron chi connectivity index (χ0n) is 18.2. The van der Waals surface area contributed by atoms with Gasteiger partial charge in [0.15, 0.2) is 0 Å². The first-order valence-corrected chi connectivity index (χ1v) is 11.3. The Morgan fingerprint density at radius 3 is 2.10 bits per heavy atom. The lowest BCUT2D eigenvalue weighted by atomic mass is 9.82. The highest BCUT2D eigenvalue weighted by Gasteiger charge is 2.42. The van der Waals surface area contributed by atoms with Crippen LogP contribution in [-0.4, -0.2) is 18.5 Å². The van der Waals surface area contributed by atoms with E-state index in [1.807, 2.05) is 0 Å². The first-order chi connectivity index (χ1) is 14.7. The zero-order chi connectivity index (χ0) is 20.8. The van der Waals surface area contributed by atoms with E-state index in [1.165, 1.54) is 23.1 Å². The molecule has 1 nitrogen and oxygen atoms in total. The molecule has 0 N–H and O–H groups in total. The van der Waals surface area contributed by atoms with E-state index in [4.69, 9.17) is 0 Å². The van der Waals surface area contributed by atoms with E-state index in [0.29, 0.717) is 0 Å². The van der Waals surface area contributed by atoms with Crippen molar-refractivity contribution in [3.63, 3.8) is 0 Å².